The van der Waals surface area contributed by atoms with Crippen LogP contribution in [0.4, 0.5) is 4.39 Å². The fraction of sp³-hybridized carbons (Fsp3) is 0.125. The number of aromatic nitrogens is 2. The van der Waals surface area contributed by atoms with Gasteiger partial charge in [-0.2, -0.15) is 0 Å². The smallest absolute Gasteiger partial charge is 0.261 e. The molecule has 0 unspecified atom stereocenters. The molecule has 23 heavy (non-hydrogen) atoms. The van der Waals surface area contributed by atoms with E-state index in [1.54, 1.807) is 12.1 Å². The Kier molecular flexibility index (Phi) is 4.50. The number of nitrogens with zero attached hydrogens (tertiary/aromatic N) is 2. The highest BCUT2D eigenvalue weighted by Gasteiger charge is 2.09. The van der Waals surface area contributed by atoms with Gasteiger partial charge in [0, 0.05) is 11.1 Å². The van der Waals surface area contributed by atoms with E-state index in [0.29, 0.717) is 26.7 Å². The van der Waals surface area contributed by atoms with Crippen molar-refractivity contribution in [3.63, 3.8) is 0 Å². The number of rotatable bonds is 4. The third kappa shape index (κ3) is 3.46. The molecule has 7 heteroatoms. The molecular formula is C16H11Cl2FN2O2. The molecule has 0 saturated carbocycles. The van der Waals surface area contributed by atoms with Crippen LogP contribution in [0.25, 0.3) is 10.9 Å². The highest BCUT2D eigenvalue weighted by atomic mass is 35.5. The molecule has 0 radical (unpaired) electrons. The van der Waals surface area contributed by atoms with Crippen molar-refractivity contribution in [3.05, 3.63) is 68.9 Å². The summed E-state index contributed by atoms with van der Waals surface area (Å²) < 4.78 is 19.9. The standard InChI is InChI=1S/C16H11Cl2FN2O2/c17-10-6-13-15(14(18)7-10)20-9-21(16(13)22)4-5-23-12-3-1-2-11(19)8-12/h1-3,6-9H,4-5H2. The van der Waals surface area contributed by atoms with Crippen LogP contribution in [0.1, 0.15) is 0 Å². The molecule has 0 N–H and O–H groups in total. The Bertz CT molecular complexity index is 928. The van der Waals surface area contributed by atoms with Crippen molar-refractivity contribution in [2.24, 2.45) is 0 Å². The second-order valence-electron chi connectivity index (χ2n) is 4.83. The zero-order chi connectivity index (χ0) is 16.4. The largest absolute Gasteiger partial charge is 0.492 e. The Labute approximate surface area is 141 Å². The summed E-state index contributed by atoms with van der Waals surface area (Å²) in [6.45, 7) is 0.466. The van der Waals surface area contributed by atoms with E-state index in [0.717, 1.165) is 0 Å². The fourth-order valence-electron chi connectivity index (χ4n) is 2.17. The first-order chi connectivity index (χ1) is 11.0. The quantitative estimate of drug-likeness (QED) is 0.714. The lowest BCUT2D eigenvalue weighted by Gasteiger charge is -2.09. The average molecular weight is 353 g/mol. The van der Waals surface area contributed by atoms with Crippen molar-refractivity contribution < 1.29 is 9.13 Å². The van der Waals surface area contributed by atoms with Gasteiger partial charge in [-0.05, 0) is 24.3 Å². The number of benzene rings is 2. The van der Waals surface area contributed by atoms with Crippen molar-refractivity contribution in [1.29, 1.82) is 0 Å². The van der Waals surface area contributed by atoms with Gasteiger partial charge < -0.3 is 4.74 Å². The van der Waals surface area contributed by atoms with Crippen LogP contribution < -0.4 is 10.3 Å². The van der Waals surface area contributed by atoms with E-state index in [1.807, 2.05) is 0 Å². The van der Waals surface area contributed by atoms with E-state index < -0.39 is 0 Å². The van der Waals surface area contributed by atoms with Gasteiger partial charge >= 0.3 is 0 Å². The van der Waals surface area contributed by atoms with Crippen LogP contribution in [0.2, 0.25) is 10.0 Å². The van der Waals surface area contributed by atoms with Gasteiger partial charge in [0.2, 0.25) is 0 Å². The van der Waals surface area contributed by atoms with Crippen LogP contribution in [0.15, 0.2) is 47.5 Å². The molecule has 2 aromatic carbocycles. The van der Waals surface area contributed by atoms with E-state index in [9.17, 15) is 9.18 Å². The molecule has 0 aliphatic heterocycles. The second kappa shape index (κ2) is 6.56. The molecule has 0 saturated heterocycles. The summed E-state index contributed by atoms with van der Waals surface area (Å²) >= 11 is 12.0. The third-order valence-corrected chi connectivity index (χ3v) is 3.75. The van der Waals surface area contributed by atoms with Crippen LogP contribution in [0, 0.1) is 5.82 Å². The predicted molar refractivity (Wildman–Crippen MR) is 87.9 cm³/mol. The maximum atomic E-state index is 13.1. The second-order valence-corrected chi connectivity index (χ2v) is 5.68. The number of fused-ring (bicyclic) bond motifs is 1. The van der Waals surface area contributed by atoms with Gasteiger partial charge in [0.1, 0.15) is 18.2 Å². The van der Waals surface area contributed by atoms with E-state index >= 15 is 0 Å². The number of halogens is 3. The number of hydrogen-bond donors (Lipinski definition) is 0. The molecule has 0 aliphatic rings. The molecule has 0 aliphatic carbocycles. The molecule has 0 bridgehead atoms. The topological polar surface area (TPSA) is 44.1 Å². The van der Waals surface area contributed by atoms with Gasteiger partial charge in [-0.1, -0.05) is 29.3 Å². The molecule has 0 atom stereocenters. The molecule has 0 amide bonds. The number of ether oxygens (including phenoxy) is 1. The average Bonchev–Trinajstić information content (AvgIpc) is 2.50. The first-order valence-corrected chi connectivity index (χ1v) is 7.53. The Morgan fingerprint density at radius 3 is 2.83 bits per heavy atom. The molecule has 4 nitrogen and oxygen atoms in total. The third-order valence-electron chi connectivity index (χ3n) is 3.24. The van der Waals surface area contributed by atoms with Crippen molar-refractivity contribution in [3.8, 4) is 5.75 Å². The van der Waals surface area contributed by atoms with Gasteiger partial charge in [-0.15, -0.1) is 0 Å². The highest BCUT2D eigenvalue weighted by Crippen LogP contribution is 2.23. The lowest BCUT2D eigenvalue weighted by atomic mass is 10.2. The molecular weight excluding hydrogens is 342 g/mol. The monoisotopic (exact) mass is 352 g/mol. The summed E-state index contributed by atoms with van der Waals surface area (Å²) in [5, 5.41) is 1.04. The van der Waals surface area contributed by atoms with Gasteiger partial charge in [0.25, 0.3) is 5.56 Å². The van der Waals surface area contributed by atoms with Crippen LogP contribution >= 0.6 is 23.2 Å². The van der Waals surface area contributed by atoms with E-state index in [-0.39, 0.29) is 24.5 Å². The zero-order valence-electron chi connectivity index (χ0n) is 11.8. The molecule has 118 valence electrons. The van der Waals surface area contributed by atoms with E-state index in [4.69, 9.17) is 27.9 Å². The Morgan fingerprint density at radius 2 is 2.04 bits per heavy atom. The minimum absolute atomic E-state index is 0.199. The molecule has 0 spiro atoms. The van der Waals surface area contributed by atoms with Crippen molar-refractivity contribution in [1.82, 2.24) is 9.55 Å². The first kappa shape index (κ1) is 15.8. The summed E-state index contributed by atoms with van der Waals surface area (Å²) in [5.74, 6) is 0.0224. The Hall–Kier alpha value is -2.11. The minimum atomic E-state index is -0.378. The van der Waals surface area contributed by atoms with Crippen LogP contribution in [0.5, 0.6) is 5.75 Å². The Balaban J connectivity index is 1.81. The number of hydrogen-bond acceptors (Lipinski definition) is 3. The molecule has 1 heterocycles. The highest BCUT2D eigenvalue weighted by molar-refractivity contribution is 6.38. The van der Waals surface area contributed by atoms with Crippen LogP contribution in [-0.4, -0.2) is 16.2 Å². The first-order valence-electron chi connectivity index (χ1n) is 6.77. The van der Waals surface area contributed by atoms with Crippen molar-refractivity contribution >= 4 is 34.1 Å². The van der Waals surface area contributed by atoms with Crippen molar-refractivity contribution in [2.45, 2.75) is 6.54 Å². The maximum absolute atomic E-state index is 13.1. The summed E-state index contributed by atoms with van der Waals surface area (Å²) in [5.41, 5.74) is 0.144. The Morgan fingerprint density at radius 1 is 1.22 bits per heavy atom. The lowest BCUT2D eigenvalue weighted by Crippen LogP contribution is -2.23. The van der Waals surface area contributed by atoms with Gasteiger partial charge in [-0.25, -0.2) is 9.37 Å². The molecule has 3 rings (SSSR count). The summed E-state index contributed by atoms with van der Waals surface area (Å²) in [4.78, 5) is 16.6. The van der Waals surface area contributed by atoms with Gasteiger partial charge in [0.05, 0.1) is 28.8 Å². The summed E-state index contributed by atoms with van der Waals surface area (Å²) in [6, 6.07) is 8.87. The van der Waals surface area contributed by atoms with Crippen LogP contribution in [0.3, 0.4) is 0 Å². The summed E-state index contributed by atoms with van der Waals surface area (Å²) in [6.07, 6.45) is 1.40. The van der Waals surface area contributed by atoms with Crippen LogP contribution in [-0.2, 0) is 6.54 Å². The molecule has 0 fully saturated rings. The minimum Gasteiger partial charge on any atom is -0.492 e. The summed E-state index contributed by atoms with van der Waals surface area (Å²) in [7, 11) is 0. The maximum Gasteiger partial charge on any atom is 0.261 e. The normalized spacial score (nSPS) is 10.9. The van der Waals surface area contributed by atoms with Crippen molar-refractivity contribution in [2.75, 3.05) is 6.61 Å². The molecule has 3 aromatic rings. The van der Waals surface area contributed by atoms with Gasteiger partial charge in [0.15, 0.2) is 0 Å². The molecule has 1 aromatic heterocycles. The lowest BCUT2D eigenvalue weighted by molar-refractivity contribution is 0.294. The predicted octanol–water partition coefficient (Wildman–Crippen LogP) is 3.92. The van der Waals surface area contributed by atoms with Gasteiger partial charge in [-0.3, -0.25) is 9.36 Å². The van der Waals surface area contributed by atoms with E-state index in [1.165, 1.54) is 35.2 Å². The SMILES string of the molecule is O=c1c2cc(Cl)cc(Cl)c2ncn1CCOc1cccc(F)c1. The zero-order valence-corrected chi connectivity index (χ0v) is 13.3. The fourth-order valence-corrected chi connectivity index (χ4v) is 2.71. The van der Waals surface area contributed by atoms with E-state index in [2.05, 4.69) is 4.98 Å².